The lowest BCUT2D eigenvalue weighted by Crippen LogP contribution is -2.13. The molecule has 1 amide bonds. The SMILES string of the molecule is N#Cc1ccsc1NC(=O)c1cc(Cl)ccc1F. The van der Waals surface area contributed by atoms with Gasteiger partial charge in [-0.1, -0.05) is 11.6 Å². The Hall–Kier alpha value is -1.90. The highest BCUT2D eigenvalue weighted by atomic mass is 35.5. The number of nitrogens with zero attached hydrogens (tertiary/aromatic N) is 1. The Bertz CT molecular complexity index is 648. The third-order valence-electron chi connectivity index (χ3n) is 2.19. The maximum absolute atomic E-state index is 13.5. The molecular weight excluding hydrogens is 275 g/mol. The van der Waals surface area contributed by atoms with Crippen molar-refractivity contribution in [3.63, 3.8) is 0 Å². The summed E-state index contributed by atoms with van der Waals surface area (Å²) in [6.45, 7) is 0. The predicted octanol–water partition coefficient (Wildman–Crippen LogP) is 3.66. The monoisotopic (exact) mass is 280 g/mol. The zero-order valence-electron chi connectivity index (χ0n) is 8.91. The van der Waals surface area contributed by atoms with Gasteiger partial charge in [0.15, 0.2) is 0 Å². The van der Waals surface area contributed by atoms with Gasteiger partial charge in [0.1, 0.15) is 16.9 Å². The van der Waals surface area contributed by atoms with E-state index in [1.807, 2.05) is 6.07 Å². The summed E-state index contributed by atoms with van der Waals surface area (Å²) in [5.41, 5.74) is 0.190. The van der Waals surface area contributed by atoms with E-state index >= 15 is 0 Å². The average Bonchev–Trinajstić information content (AvgIpc) is 2.79. The molecule has 2 aromatic rings. The fourth-order valence-corrected chi connectivity index (χ4v) is 2.24. The minimum atomic E-state index is -0.660. The molecule has 2 rings (SSSR count). The van der Waals surface area contributed by atoms with Crippen molar-refractivity contribution in [1.29, 1.82) is 5.26 Å². The van der Waals surface area contributed by atoms with E-state index in [0.29, 0.717) is 10.6 Å². The average molecular weight is 281 g/mol. The Morgan fingerprint density at radius 2 is 2.22 bits per heavy atom. The number of carbonyl (C=O) groups is 1. The summed E-state index contributed by atoms with van der Waals surface area (Å²) >= 11 is 6.90. The zero-order valence-corrected chi connectivity index (χ0v) is 10.5. The van der Waals surface area contributed by atoms with Crippen molar-refractivity contribution < 1.29 is 9.18 Å². The van der Waals surface area contributed by atoms with Crippen LogP contribution in [0.15, 0.2) is 29.6 Å². The molecule has 0 unspecified atom stereocenters. The number of rotatable bonds is 2. The van der Waals surface area contributed by atoms with Crippen molar-refractivity contribution in [2.24, 2.45) is 0 Å². The first-order valence-electron chi connectivity index (χ1n) is 4.86. The van der Waals surface area contributed by atoms with E-state index in [-0.39, 0.29) is 10.6 Å². The van der Waals surface area contributed by atoms with Crippen LogP contribution in [0.4, 0.5) is 9.39 Å². The number of nitrogens with one attached hydrogen (secondary N) is 1. The van der Waals surface area contributed by atoms with Crippen LogP contribution in [0.1, 0.15) is 15.9 Å². The maximum atomic E-state index is 13.5. The molecule has 0 saturated carbocycles. The minimum absolute atomic E-state index is 0.153. The van der Waals surface area contributed by atoms with Crippen LogP contribution in [0.2, 0.25) is 5.02 Å². The van der Waals surface area contributed by atoms with Crippen LogP contribution in [-0.4, -0.2) is 5.91 Å². The van der Waals surface area contributed by atoms with E-state index in [2.05, 4.69) is 5.32 Å². The highest BCUT2D eigenvalue weighted by Gasteiger charge is 2.14. The predicted molar refractivity (Wildman–Crippen MR) is 68.4 cm³/mol. The van der Waals surface area contributed by atoms with Crippen molar-refractivity contribution in [3.05, 3.63) is 51.6 Å². The largest absolute Gasteiger partial charge is 0.312 e. The maximum Gasteiger partial charge on any atom is 0.259 e. The van der Waals surface area contributed by atoms with E-state index in [4.69, 9.17) is 16.9 Å². The van der Waals surface area contributed by atoms with Crippen LogP contribution in [0.5, 0.6) is 0 Å². The number of hydrogen-bond donors (Lipinski definition) is 1. The standard InChI is InChI=1S/C12H6ClFN2OS/c13-8-1-2-10(14)9(5-8)11(17)16-12-7(6-15)3-4-18-12/h1-5H,(H,16,17). The molecule has 0 bridgehead atoms. The van der Waals surface area contributed by atoms with Crippen LogP contribution in [0, 0.1) is 17.1 Å². The summed E-state index contributed by atoms with van der Waals surface area (Å²) in [7, 11) is 0. The number of halogens is 2. The Morgan fingerprint density at radius 3 is 2.94 bits per heavy atom. The molecule has 90 valence electrons. The Kier molecular flexibility index (Phi) is 3.60. The molecular formula is C12H6ClFN2OS. The highest BCUT2D eigenvalue weighted by molar-refractivity contribution is 7.14. The van der Waals surface area contributed by atoms with E-state index in [9.17, 15) is 9.18 Å². The van der Waals surface area contributed by atoms with E-state index < -0.39 is 11.7 Å². The molecule has 0 saturated heterocycles. The summed E-state index contributed by atoms with van der Waals surface area (Å²) in [5.74, 6) is -1.29. The molecule has 0 atom stereocenters. The van der Waals surface area contributed by atoms with Crippen molar-refractivity contribution in [2.75, 3.05) is 5.32 Å². The van der Waals surface area contributed by atoms with Crippen LogP contribution in [0.25, 0.3) is 0 Å². The van der Waals surface area contributed by atoms with Gasteiger partial charge in [0.05, 0.1) is 11.1 Å². The lowest BCUT2D eigenvalue weighted by Gasteiger charge is -2.04. The molecule has 0 aliphatic heterocycles. The van der Waals surface area contributed by atoms with Gasteiger partial charge in [0.25, 0.3) is 5.91 Å². The summed E-state index contributed by atoms with van der Waals surface area (Å²) in [4.78, 5) is 11.8. The van der Waals surface area contributed by atoms with Crippen LogP contribution >= 0.6 is 22.9 Å². The molecule has 0 aliphatic carbocycles. The Labute approximate surface area is 111 Å². The number of hydrogen-bond acceptors (Lipinski definition) is 3. The molecule has 3 nitrogen and oxygen atoms in total. The minimum Gasteiger partial charge on any atom is -0.312 e. The summed E-state index contributed by atoms with van der Waals surface area (Å²) in [6, 6.07) is 7.24. The number of anilines is 1. The van der Waals surface area contributed by atoms with Gasteiger partial charge in [-0.2, -0.15) is 5.26 Å². The number of thiophene rings is 1. The van der Waals surface area contributed by atoms with Crippen molar-refractivity contribution in [2.45, 2.75) is 0 Å². The van der Waals surface area contributed by atoms with E-state index in [1.165, 1.54) is 23.5 Å². The topological polar surface area (TPSA) is 52.9 Å². The second-order valence-corrected chi connectivity index (χ2v) is 4.71. The van der Waals surface area contributed by atoms with Gasteiger partial charge in [-0.15, -0.1) is 11.3 Å². The second kappa shape index (κ2) is 5.17. The van der Waals surface area contributed by atoms with Crippen LogP contribution in [0.3, 0.4) is 0 Å². The number of benzene rings is 1. The van der Waals surface area contributed by atoms with Gasteiger partial charge in [0, 0.05) is 5.02 Å². The summed E-state index contributed by atoms with van der Waals surface area (Å²) in [5, 5.41) is 13.6. The van der Waals surface area contributed by atoms with Crippen molar-refractivity contribution in [3.8, 4) is 6.07 Å². The molecule has 18 heavy (non-hydrogen) atoms. The smallest absolute Gasteiger partial charge is 0.259 e. The van der Waals surface area contributed by atoms with Gasteiger partial charge in [-0.25, -0.2) is 4.39 Å². The quantitative estimate of drug-likeness (QED) is 0.912. The highest BCUT2D eigenvalue weighted by Crippen LogP contribution is 2.24. The van der Waals surface area contributed by atoms with Crippen molar-refractivity contribution in [1.82, 2.24) is 0 Å². The van der Waals surface area contributed by atoms with E-state index in [0.717, 1.165) is 6.07 Å². The zero-order chi connectivity index (χ0) is 13.1. The fraction of sp³-hybridized carbons (Fsp3) is 0. The van der Waals surface area contributed by atoms with Gasteiger partial charge in [0.2, 0.25) is 0 Å². The fourth-order valence-electron chi connectivity index (χ4n) is 1.34. The lowest BCUT2D eigenvalue weighted by molar-refractivity contribution is 0.102. The first-order chi connectivity index (χ1) is 8.61. The second-order valence-electron chi connectivity index (χ2n) is 3.35. The number of amides is 1. The lowest BCUT2D eigenvalue weighted by atomic mass is 10.2. The van der Waals surface area contributed by atoms with Crippen molar-refractivity contribution >= 4 is 33.8 Å². The molecule has 6 heteroatoms. The number of carbonyl (C=O) groups excluding carboxylic acids is 1. The molecule has 1 heterocycles. The summed E-state index contributed by atoms with van der Waals surface area (Å²) in [6.07, 6.45) is 0. The Morgan fingerprint density at radius 1 is 1.44 bits per heavy atom. The first-order valence-corrected chi connectivity index (χ1v) is 6.11. The molecule has 0 spiro atoms. The van der Waals surface area contributed by atoms with Crippen LogP contribution < -0.4 is 5.32 Å². The van der Waals surface area contributed by atoms with Gasteiger partial charge >= 0.3 is 0 Å². The summed E-state index contributed by atoms with van der Waals surface area (Å²) < 4.78 is 13.5. The first kappa shape index (κ1) is 12.6. The third kappa shape index (κ3) is 2.50. The molecule has 0 radical (unpaired) electrons. The Balaban J connectivity index is 2.28. The molecule has 0 fully saturated rings. The van der Waals surface area contributed by atoms with Gasteiger partial charge in [-0.05, 0) is 29.6 Å². The third-order valence-corrected chi connectivity index (χ3v) is 3.25. The normalized spacial score (nSPS) is 9.83. The van der Waals surface area contributed by atoms with Crippen LogP contribution in [-0.2, 0) is 0 Å². The molecule has 1 aromatic carbocycles. The van der Waals surface area contributed by atoms with Gasteiger partial charge in [-0.3, -0.25) is 4.79 Å². The molecule has 0 aliphatic rings. The molecule has 1 aromatic heterocycles. The van der Waals surface area contributed by atoms with Gasteiger partial charge < -0.3 is 5.32 Å². The number of nitriles is 1. The molecule has 1 N–H and O–H groups in total. The van der Waals surface area contributed by atoms with E-state index in [1.54, 1.807) is 11.4 Å².